The quantitative estimate of drug-likeness (QED) is 0.422. The van der Waals surface area contributed by atoms with Crippen LogP contribution in [0, 0.1) is 28.6 Å². The van der Waals surface area contributed by atoms with Crippen LogP contribution in [0.4, 0.5) is 0 Å². The Morgan fingerprint density at radius 3 is 2.29 bits per heavy atom. The predicted octanol–water partition coefficient (Wildman–Crippen LogP) is 6.49. The van der Waals surface area contributed by atoms with Gasteiger partial charge in [-0.2, -0.15) is 5.26 Å². The van der Waals surface area contributed by atoms with Gasteiger partial charge >= 0.3 is 5.97 Å². The average Bonchev–Trinajstić information content (AvgIpc) is 3.20. The van der Waals surface area contributed by atoms with Crippen LogP contribution < -0.4 is 4.74 Å². The maximum Gasteiger partial charge on any atom is 0.311 e. The molecule has 28 heavy (non-hydrogen) atoms. The fourth-order valence-corrected chi connectivity index (χ4v) is 3.84. The van der Waals surface area contributed by atoms with E-state index < -0.39 is 6.10 Å². The minimum Gasteiger partial charge on any atom is -0.457 e. The van der Waals surface area contributed by atoms with Gasteiger partial charge < -0.3 is 9.47 Å². The molecule has 3 rings (SSSR count). The summed E-state index contributed by atoms with van der Waals surface area (Å²) in [5.74, 6) is 0.813. The maximum atomic E-state index is 12.6. The summed E-state index contributed by atoms with van der Waals surface area (Å²) < 4.78 is 12.1. The lowest BCUT2D eigenvalue weighted by Crippen LogP contribution is -2.14. The molecule has 0 saturated heterocycles. The van der Waals surface area contributed by atoms with Crippen molar-refractivity contribution >= 4 is 37.8 Å². The molecule has 144 valence electrons. The molecule has 4 nitrogen and oxygen atoms in total. The molecule has 1 saturated carbocycles. The van der Waals surface area contributed by atoms with Crippen LogP contribution in [0.2, 0.25) is 0 Å². The molecule has 0 bridgehead atoms. The van der Waals surface area contributed by atoms with E-state index in [2.05, 4.69) is 37.9 Å². The first-order valence-electron chi connectivity index (χ1n) is 8.78. The lowest BCUT2D eigenvalue weighted by atomic mass is 10.1. The number of carbonyl (C=O) groups is 1. The normalized spacial score (nSPS) is 20.4. The van der Waals surface area contributed by atoms with Crippen molar-refractivity contribution < 1.29 is 14.3 Å². The summed E-state index contributed by atoms with van der Waals surface area (Å²) in [7, 11) is 0. The SMILES string of the molecule is CC1(C)[C@H](C=C(Br)Br)[C@@H]1C(=O)O[C@@H](C#N)c1ccc(Oc2ccccc2)cc1. The molecule has 0 unspecified atom stereocenters. The van der Waals surface area contributed by atoms with E-state index in [-0.39, 0.29) is 23.2 Å². The molecule has 0 aromatic heterocycles. The molecule has 0 N–H and O–H groups in total. The van der Waals surface area contributed by atoms with Crippen LogP contribution in [-0.4, -0.2) is 5.97 Å². The van der Waals surface area contributed by atoms with Gasteiger partial charge in [-0.1, -0.05) is 50.3 Å². The van der Waals surface area contributed by atoms with Crippen LogP contribution in [0.25, 0.3) is 0 Å². The summed E-state index contributed by atoms with van der Waals surface area (Å²) >= 11 is 6.67. The number of allylic oxidation sites excluding steroid dienone is 1. The van der Waals surface area contributed by atoms with Crippen LogP contribution in [0.1, 0.15) is 25.5 Å². The first-order chi connectivity index (χ1) is 13.3. The second-order valence-corrected chi connectivity index (χ2v) is 9.98. The summed E-state index contributed by atoms with van der Waals surface area (Å²) in [6.45, 7) is 4.03. The summed E-state index contributed by atoms with van der Waals surface area (Å²) in [5.41, 5.74) is 0.417. The summed E-state index contributed by atoms with van der Waals surface area (Å²) in [4.78, 5) is 12.6. The van der Waals surface area contributed by atoms with E-state index in [0.29, 0.717) is 11.3 Å². The molecule has 1 aliphatic rings. The number of esters is 1. The average molecular weight is 505 g/mol. The predicted molar refractivity (Wildman–Crippen MR) is 114 cm³/mol. The minimum atomic E-state index is -0.952. The number of benzene rings is 2. The van der Waals surface area contributed by atoms with Gasteiger partial charge in [-0.15, -0.1) is 0 Å². The van der Waals surface area contributed by atoms with E-state index in [1.807, 2.05) is 50.3 Å². The number of nitriles is 1. The smallest absolute Gasteiger partial charge is 0.311 e. The Labute approximate surface area is 181 Å². The van der Waals surface area contributed by atoms with Gasteiger partial charge in [-0.25, -0.2) is 0 Å². The van der Waals surface area contributed by atoms with Crippen LogP contribution >= 0.6 is 31.9 Å². The summed E-state index contributed by atoms with van der Waals surface area (Å²) in [6, 6.07) is 18.5. The van der Waals surface area contributed by atoms with Gasteiger partial charge in [0.15, 0.2) is 0 Å². The second kappa shape index (κ2) is 8.50. The van der Waals surface area contributed by atoms with Crippen LogP contribution in [-0.2, 0) is 9.53 Å². The monoisotopic (exact) mass is 503 g/mol. The van der Waals surface area contributed by atoms with E-state index in [1.165, 1.54) is 0 Å². The first-order valence-corrected chi connectivity index (χ1v) is 10.4. The third-order valence-corrected chi connectivity index (χ3v) is 5.51. The molecule has 0 heterocycles. The molecule has 0 radical (unpaired) electrons. The van der Waals surface area contributed by atoms with E-state index in [4.69, 9.17) is 9.47 Å². The Kier molecular flexibility index (Phi) is 6.26. The minimum absolute atomic E-state index is 0.0646. The van der Waals surface area contributed by atoms with Gasteiger partial charge in [0.1, 0.15) is 17.6 Å². The molecule has 0 aliphatic heterocycles. The van der Waals surface area contributed by atoms with Gasteiger partial charge in [0, 0.05) is 5.56 Å². The molecule has 2 aromatic carbocycles. The Balaban J connectivity index is 1.66. The molecule has 1 aliphatic carbocycles. The van der Waals surface area contributed by atoms with Crippen LogP contribution in [0.5, 0.6) is 11.5 Å². The van der Waals surface area contributed by atoms with Crippen LogP contribution in [0.15, 0.2) is 64.1 Å². The number of nitrogens with zero attached hydrogens (tertiary/aromatic N) is 1. The molecule has 0 amide bonds. The Hall–Kier alpha value is -2.10. The summed E-state index contributed by atoms with van der Waals surface area (Å²) in [6.07, 6.45) is 0.995. The van der Waals surface area contributed by atoms with Crippen molar-refractivity contribution in [2.24, 2.45) is 17.3 Å². The van der Waals surface area contributed by atoms with Crippen molar-refractivity contribution in [2.45, 2.75) is 20.0 Å². The molecule has 0 spiro atoms. The van der Waals surface area contributed by atoms with Gasteiger partial charge in [0.2, 0.25) is 6.10 Å². The molecule has 3 atom stereocenters. The largest absolute Gasteiger partial charge is 0.457 e. The zero-order valence-corrected chi connectivity index (χ0v) is 18.6. The van der Waals surface area contributed by atoms with E-state index in [1.54, 1.807) is 24.3 Å². The lowest BCUT2D eigenvalue weighted by molar-refractivity contribution is -0.149. The molecular formula is C22H19Br2NO3. The number of para-hydroxylation sites is 1. The molecular weight excluding hydrogens is 486 g/mol. The number of hydrogen-bond acceptors (Lipinski definition) is 4. The summed E-state index contributed by atoms with van der Waals surface area (Å²) in [5, 5.41) is 9.49. The first kappa shape index (κ1) is 20.6. The number of halogens is 2. The van der Waals surface area contributed by atoms with Crippen molar-refractivity contribution in [2.75, 3.05) is 0 Å². The highest BCUT2D eigenvalue weighted by Gasteiger charge is 2.61. The standard InChI is InChI=1S/C22H19Br2NO3/c1-22(2)17(12-19(23)24)20(22)21(26)28-18(13-25)14-8-10-16(11-9-14)27-15-6-4-3-5-7-15/h3-12,17-18,20H,1-2H3/t17-,18+,20-/m1/s1. The second-order valence-electron chi connectivity index (χ2n) is 7.21. The highest BCUT2D eigenvalue weighted by molar-refractivity contribution is 9.28. The van der Waals surface area contributed by atoms with E-state index >= 15 is 0 Å². The topological polar surface area (TPSA) is 59.3 Å². The third kappa shape index (κ3) is 4.65. The van der Waals surface area contributed by atoms with Crippen molar-refractivity contribution in [3.8, 4) is 17.6 Å². The highest BCUT2D eigenvalue weighted by Crippen LogP contribution is 2.60. The zero-order chi connectivity index (χ0) is 20.3. The third-order valence-electron chi connectivity index (χ3n) is 4.98. The van der Waals surface area contributed by atoms with Gasteiger partial charge in [-0.05, 0) is 67.5 Å². The van der Waals surface area contributed by atoms with Crippen LogP contribution in [0.3, 0.4) is 0 Å². The van der Waals surface area contributed by atoms with Gasteiger partial charge in [0.25, 0.3) is 0 Å². The zero-order valence-electron chi connectivity index (χ0n) is 15.4. The number of rotatable bonds is 6. The number of carbonyl (C=O) groups excluding carboxylic acids is 1. The van der Waals surface area contributed by atoms with Crippen molar-refractivity contribution in [3.63, 3.8) is 0 Å². The Bertz CT molecular complexity index is 913. The van der Waals surface area contributed by atoms with Crippen molar-refractivity contribution in [3.05, 3.63) is 69.6 Å². The Morgan fingerprint density at radius 2 is 1.71 bits per heavy atom. The fourth-order valence-electron chi connectivity index (χ4n) is 3.27. The molecule has 2 aromatic rings. The van der Waals surface area contributed by atoms with Gasteiger partial charge in [0.05, 0.1) is 9.31 Å². The van der Waals surface area contributed by atoms with Crippen molar-refractivity contribution in [1.29, 1.82) is 5.26 Å². The molecule has 6 heteroatoms. The van der Waals surface area contributed by atoms with E-state index in [0.717, 1.165) is 9.14 Å². The number of ether oxygens (including phenoxy) is 2. The van der Waals surface area contributed by atoms with Crippen molar-refractivity contribution in [1.82, 2.24) is 0 Å². The fraction of sp³-hybridized carbons (Fsp3) is 0.273. The van der Waals surface area contributed by atoms with Gasteiger partial charge in [-0.3, -0.25) is 4.79 Å². The maximum absolute atomic E-state index is 12.6. The highest BCUT2D eigenvalue weighted by atomic mass is 79.9. The molecule has 1 fully saturated rings. The lowest BCUT2D eigenvalue weighted by Gasteiger charge is -2.13. The van der Waals surface area contributed by atoms with E-state index in [9.17, 15) is 10.1 Å². The number of hydrogen-bond donors (Lipinski definition) is 0. The Morgan fingerprint density at radius 1 is 1.11 bits per heavy atom.